The van der Waals surface area contributed by atoms with E-state index in [0.29, 0.717) is 12.0 Å². The van der Waals surface area contributed by atoms with Crippen molar-refractivity contribution in [1.29, 1.82) is 0 Å². The fraction of sp³-hybridized carbons (Fsp3) is 0.800. The van der Waals surface area contributed by atoms with Gasteiger partial charge in [-0.2, -0.15) is 0 Å². The highest BCUT2D eigenvalue weighted by Crippen LogP contribution is 2.32. The molecule has 0 aromatic rings. The molecular formula is C5H7NO. The lowest BCUT2D eigenvalue weighted by molar-refractivity contribution is 0.00958. The van der Waals surface area contributed by atoms with E-state index >= 15 is 0 Å². The summed E-state index contributed by atoms with van der Waals surface area (Å²) in [5.74, 6) is 0.681. The first-order chi connectivity index (χ1) is 3.47. The summed E-state index contributed by atoms with van der Waals surface area (Å²) in [5.41, 5.74) is 0. The molecule has 1 aliphatic carbocycles. The molecule has 0 aromatic heterocycles. The van der Waals surface area contributed by atoms with E-state index in [1.807, 2.05) is 6.21 Å². The summed E-state index contributed by atoms with van der Waals surface area (Å²) in [7, 11) is 0. The van der Waals surface area contributed by atoms with Crippen LogP contribution in [0.5, 0.6) is 0 Å². The first-order valence-corrected chi connectivity index (χ1v) is 2.66. The molecule has 2 rings (SSSR count). The highest BCUT2D eigenvalue weighted by Gasteiger charge is 2.34. The van der Waals surface area contributed by atoms with Gasteiger partial charge in [-0.3, -0.25) is 0 Å². The minimum atomic E-state index is 0.472. The van der Waals surface area contributed by atoms with E-state index in [2.05, 4.69) is 5.16 Å². The highest BCUT2D eigenvalue weighted by molar-refractivity contribution is 5.63. The van der Waals surface area contributed by atoms with Crippen LogP contribution < -0.4 is 0 Å². The van der Waals surface area contributed by atoms with Gasteiger partial charge in [0.15, 0.2) is 0 Å². The van der Waals surface area contributed by atoms with Crippen molar-refractivity contribution in [2.24, 2.45) is 11.1 Å². The minimum absolute atomic E-state index is 0.472. The maximum atomic E-state index is 4.92. The molecule has 2 nitrogen and oxygen atoms in total. The molecule has 1 heterocycles. The maximum Gasteiger partial charge on any atom is 0.135 e. The number of hydrogen-bond acceptors (Lipinski definition) is 2. The Morgan fingerprint density at radius 1 is 1.57 bits per heavy atom. The van der Waals surface area contributed by atoms with Crippen molar-refractivity contribution in [2.75, 3.05) is 0 Å². The molecule has 2 aliphatic rings. The van der Waals surface area contributed by atoms with Gasteiger partial charge in [0.25, 0.3) is 0 Å². The molecule has 0 saturated heterocycles. The molecule has 0 spiro atoms. The summed E-state index contributed by atoms with van der Waals surface area (Å²) in [6.07, 6.45) is 4.88. The van der Waals surface area contributed by atoms with Crippen molar-refractivity contribution in [3.05, 3.63) is 0 Å². The molecule has 1 aliphatic heterocycles. The minimum Gasteiger partial charge on any atom is -0.392 e. The molecule has 0 amide bonds. The average Bonchev–Trinajstić information content (AvgIpc) is 1.85. The van der Waals surface area contributed by atoms with E-state index in [9.17, 15) is 0 Å². The average molecular weight is 97.1 g/mol. The van der Waals surface area contributed by atoms with Crippen LogP contribution in [0, 0.1) is 5.92 Å². The van der Waals surface area contributed by atoms with Gasteiger partial charge in [0.05, 0.1) is 6.21 Å². The molecule has 0 aromatic carbocycles. The predicted octanol–water partition coefficient (Wildman–Crippen LogP) is 0.781. The quantitative estimate of drug-likeness (QED) is 0.437. The fourth-order valence-corrected chi connectivity index (χ4v) is 0.988. The van der Waals surface area contributed by atoms with Gasteiger partial charge in [-0.05, 0) is 12.8 Å². The van der Waals surface area contributed by atoms with E-state index in [4.69, 9.17) is 4.84 Å². The summed E-state index contributed by atoms with van der Waals surface area (Å²) < 4.78 is 0. The summed E-state index contributed by atoms with van der Waals surface area (Å²) >= 11 is 0. The lowest BCUT2D eigenvalue weighted by atomic mass is 9.84. The number of oxime groups is 1. The van der Waals surface area contributed by atoms with Gasteiger partial charge in [0, 0.05) is 5.92 Å². The number of fused-ring (bicyclic) bond motifs is 1. The van der Waals surface area contributed by atoms with Crippen LogP contribution in [0.4, 0.5) is 0 Å². The van der Waals surface area contributed by atoms with Gasteiger partial charge >= 0.3 is 0 Å². The third-order valence-electron chi connectivity index (χ3n) is 1.71. The zero-order valence-corrected chi connectivity index (χ0v) is 4.00. The maximum absolute atomic E-state index is 4.92. The second kappa shape index (κ2) is 0.997. The third-order valence-corrected chi connectivity index (χ3v) is 1.71. The van der Waals surface area contributed by atoms with E-state index in [1.165, 1.54) is 12.8 Å². The summed E-state index contributed by atoms with van der Waals surface area (Å²) in [4.78, 5) is 4.92. The van der Waals surface area contributed by atoms with Crippen LogP contribution in [-0.4, -0.2) is 12.3 Å². The topological polar surface area (TPSA) is 21.6 Å². The Morgan fingerprint density at radius 2 is 2.57 bits per heavy atom. The lowest BCUT2D eigenvalue weighted by Crippen LogP contribution is -2.28. The Morgan fingerprint density at radius 3 is 2.86 bits per heavy atom. The molecule has 0 radical (unpaired) electrons. The Kier molecular flexibility index (Phi) is 0.494. The highest BCUT2D eigenvalue weighted by atomic mass is 16.6. The van der Waals surface area contributed by atoms with Crippen molar-refractivity contribution in [1.82, 2.24) is 0 Å². The zero-order valence-electron chi connectivity index (χ0n) is 4.00. The zero-order chi connectivity index (χ0) is 4.69. The normalized spacial score (nSPS) is 44.6. The predicted molar refractivity (Wildman–Crippen MR) is 26.1 cm³/mol. The Hall–Kier alpha value is -0.530. The SMILES string of the molecule is C1=NOC2CCC12. The largest absolute Gasteiger partial charge is 0.392 e. The molecular weight excluding hydrogens is 90.1 g/mol. The third kappa shape index (κ3) is 0.315. The van der Waals surface area contributed by atoms with Gasteiger partial charge in [-0.15, -0.1) is 0 Å². The van der Waals surface area contributed by atoms with Crippen molar-refractivity contribution in [3.63, 3.8) is 0 Å². The van der Waals surface area contributed by atoms with Crippen molar-refractivity contribution >= 4 is 6.21 Å². The molecule has 1 saturated carbocycles. The van der Waals surface area contributed by atoms with E-state index in [0.717, 1.165) is 0 Å². The Bertz CT molecular complexity index is 111. The molecule has 38 valence electrons. The van der Waals surface area contributed by atoms with Gasteiger partial charge in [-0.1, -0.05) is 5.16 Å². The first-order valence-electron chi connectivity index (χ1n) is 2.66. The smallest absolute Gasteiger partial charge is 0.135 e. The van der Waals surface area contributed by atoms with Gasteiger partial charge in [0.1, 0.15) is 6.10 Å². The van der Waals surface area contributed by atoms with Crippen LogP contribution >= 0.6 is 0 Å². The van der Waals surface area contributed by atoms with Gasteiger partial charge < -0.3 is 4.84 Å². The summed E-state index contributed by atoms with van der Waals surface area (Å²) in [6.45, 7) is 0. The van der Waals surface area contributed by atoms with Crippen molar-refractivity contribution < 1.29 is 4.84 Å². The van der Waals surface area contributed by atoms with E-state index in [1.54, 1.807) is 0 Å². The molecule has 2 heteroatoms. The van der Waals surface area contributed by atoms with Crippen LogP contribution in [0.3, 0.4) is 0 Å². The van der Waals surface area contributed by atoms with E-state index in [-0.39, 0.29) is 0 Å². The van der Waals surface area contributed by atoms with Crippen molar-refractivity contribution in [3.8, 4) is 0 Å². The van der Waals surface area contributed by atoms with Crippen LogP contribution in [0.2, 0.25) is 0 Å². The first kappa shape index (κ1) is 3.47. The molecule has 0 bridgehead atoms. The monoisotopic (exact) mass is 97.1 g/mol. The number of nitrogens with zero attached hydrogens (tertiary/aromatic N) is 1. The number of hydrogen-bond donors (Lipinski definition) is 0. The lowest BCUT2D eigenvalue weighted by Gasteiger charge is -2.24. The van der Waals surface area contributed by atoms with Crippen molar-refractivity contribution in [2.45, 2.75) is 18.9 Å². The molecule has 1 fully saturated rings. The Labute approximate surface area is 42.2 Å². The molecule has 7 heavy (non-hydrogen) atoms. The van der Waals surface area contributed by atoms with E-state index < -0.39 is 0 Å². The van der Waals surface area contributed by atoms with Crippen LogP contribution in [0.25, 0.3) is 0 Å². The molecule has 2 atom stereocenters. The second-order valence-corrected chi connectivity index (χ2v) is 2.14. The van der Waals surface area contributed by atoms with Gasteiger partial charge in [0.2, 0.25) is 0 Å². The van der Waals surface area contributed by atoms with Crippen LogP contribution in [0.1, 0.15) is 12.8 Å². The standard InChI is InChI=1S/C5H7NO/c1-2-5-4(1)3-6-7-5/h3-5H,1-2H2. The fourth-order valence-electron chi connectivity index (χ4n) is 0.988. The summed E-state index contributed by atoms with van der Waals surface area (Å²) in [5, 5.41) is 3.68. The Balaban J connectivity index is 2.14. The van der Waals surface area contributed by atoms with Crippen LogP contribution in [-0.2, 0) is 4.84 Å². The molecule has 0 N–H and O–H groups in total. The van der Waals surface area contributed by atoms with Gasteiger partial charge in [-0.25, -0.2) is 0 Å². The second-order valence-electron chi connectivity index (χ2n) is 2.14. The number of rotatable bonds is 0. The summed E-state index contributed by atoms with van der Waals surface area (Å²) in [6, 6.07) is 0. The van der Waals surface area contributed by atoms with Crippen LogP contribution in [0.15, 0.2) is 5.16 Å². The molecule has 2 unspecified atom stereocenters.